The van der Waals surface area contributed by atoms with Crippen LogP contribution in [0.1, 0.15) is 57.4 Å². The van der Waals surface area contributed by atoms with Crippen molar-refractivity contribution in [1.82, 2.24) is 9.97 Å². The number of halogens is 2. The summed E-state index contributed by atoms with van der Waals surface area (Å²) in [6.45, 7) is 9.39. The second-order valence-corrected chi connectivity index (χ2v) is 10.5. The van der Waals surface area contributed by atoms with Crippen molar-refractivity contribution >= 4 is 33.5 Å². The van der Waals surface area contributed by atoms with Crippen molar-refractivity contribution in [2.75, 3.05) is 18.0 Å². The second kappa shape index (κ2) is 7.99. The van der Waals surface area contributed by atoms with Crippen molar-refractivity contribution < 1.29 is 13.0 Å². The van der Waals surface area contributed by atoms with Gasteiger partial charge in [-0.25, -0.2) is 23.0 Å². The standard InChI is InChI=1S/C21H25F2N5OS/c1-13-10-15(14(2)27-30(29)20(3,4)5)18-16(11-13)25-17(12-24)19(26-18)28-8-6-21(22,23)7-9-28/h10-11H,6-9H2,1-5H3/t30-/m1/s1. The number of anilines is 1. The molecule has 2 aromatic rings. The van der Waals surface area contributed by atoms with Crippen LogP contribution in [-0.4, -0.2) is 43.6 Å². The quantitative estimate of drug-likeness (QED) is 0.674. The van der Waals surface area contributed by atoms with Crippen LogP contribution in [0.3, 0.4) is 0 Å². The van der Waals surface area contributed by atoms with E-state index in [0.717, 1.165) is 5.56 Å². The third-order valence-corrected chi connectivity index (χ3v) is 6.42. The van der Waals surface area contributed by atoms with Crippen LogP contribution in [0.2, 0.25) is 0 Å². The first-order valence-corrected chi connectivity index (χ1v) is 10.8. The fraction of sp³-hybridized carbons (Fsp3) is 0.524. The van der Waals surface area contributed by atoms with Crippen LogP contribution >= 0.6 is 0 Å². The van der Waals surface area contributed by atoms with Gasteiger partial charge in [0.15, 0.2) is 11.5 Å². The van der Waals surface area contributed by atoms with Gasteiger partial charge in [0.1, 0.15) is 22.6 Å². The number of alkyl halides is 2. The van der Waals surface area contributed by atoms with E-state index in [-0.39, 0.29) is 31.6 Å². The van der Waals surface area contributed by atoms with E-state index in [9.17, 15) is 18.3 Å². The summed E-state index contributed by atoms with van der Waals surface area (Å²) in [7, 11) is -1.45. The molecule has 9 heteroatoms. The topological polar surface area (TPSA) is 82.2 Å². The van der Waals surface area contributed by atoms with Gasteiger partial charge in [-0.2, -0.15) is 9.66 Å². The molecule has 1 saturated heterocycles. The molecule has 0 saturated carbocycles. The molecule has 0 amide bonds. The molecule has 6 nitrogen and oxygen atoms in total. The summed E-state index contributed by atoms with van der Waals surface area (Å²) in [6, 6.07) is 5.74. The SMILES string of the molecule is CC(=N[S@](=O)C(C)(C)C)c1cc(C)cc2nc(C#N)c(N3CCC(F)(F)CC3)nc12. The number of hydrogen-bond donors (Lipinski definition) is 0. The molecule has 0 radical (unpaired) electrons. The minimum absolute atomic E-state index is 0.101. The molecule has 0 N–H and O–H groups in total. The van der Waals surface area contributed by atoms with Gasteiger partial charge in [0, 0.05) is 31.5 Å². The maximum atomic E-state index is 13.6. The van der Waals surface area contributed by atoms with Crippen molar-refractivity contribution in [2.45, 2.75) is 58.1 Å². The van der Waals surface area contributed by atoms with Crippen LogP contribution in [0.4, 0.5) is 14.6 Å². The van der Waals surface area contributed by atoms with Crippen molar-refractivity contribution in [3.63, 3.8) is 0 Å². The minimum Gasteiger partial charge on any atom is -0.354 e. The first-order valence-electron chi connectivity index (χ1n) is 9.74. The molecule has 30 heavy (non-hydrogen) atoms. The Morgan fingerprint density at radius 1 is 1.27 bits per heavy atom. The van der Waals surface area contributed by atoms with E-state index in [0.29, 0.717) is 28.1 Å². The molecule has 0 spiro atoms. The first kappa shape index (κ1) is 22.2. The fourth-order valence-electron chi connectivity index (χ4n) is 3.22. The van der Waals surface area contributed by atoms with Gasteiger partial charge < -0.3 is 4.90 Å². The highest BCUT2D eigenvalue weighted by molar-refractivity contribution is 7.85. The number of piperidine rings is 1. The molecule has 1 aliphatic rings. The van der Waals surface area contributed by atoms with Gasteiger partial charge in [-0.1, -0.05) is 0 Å². The molecule has 1 aromatic heterocycles. The molecule has 3 rings (SSSR count). The number of aromatic nitrogens is 2. The Morgan fingerprint density at radius 3 is 2.47 bits per heavy atom. The lowest BCUT2D eigenvalue weighted by Crippen LogP contribution is -2.40. The lowest BCUT2D eigenvalue weighted by atomic mass is 10.0. The average molecular weight is 434 g/mol. The van der Waals surface area contributed by atoms with Crippen molar-refractivity contribution in [2.24, 2.45) is 4.40 Å². The largest absolute Gasteiger partial charge is 0.354 e. The minimum atomic E-state index is -2.70. The zero-order chi connectivity index (χ0) is 22.3. The lowest BCUT2D eigenvalue weighted by Gasteiger charge is -2.32. The summed E-state index contributed by atoms with van der Waals surface area (Å²) in [5, 5.41) is 9.58. The number of rotatable bonds is 3. The van der Waals surface area contributed by atoms with Crippen LogP contribution in [0, 0.1) is 18.3 Å². The highest BCUT2D eigenvalue weighted by Gasteiger charge is 2.35. The molecule has 0 unspecified atom stereocenters. The number of nitriles is 1. The van der Waals surface area contributed by atoms with Gasteiger partial charge in [-0.15, -0.1) is 0 Å². The molecule has 0 bridgehead atoms. The summed E-state index contributed by atoms with van der Waals surface area (Å²) < 4.78 is 43.5. The molecule has 160 valence electrons. The Bertz CT molecular complexity index is 1080. The summed E-state index contributed by atoms with van der Waals surface area (Å²) in [5.41, 5.74) is 3.26. The zero-order valence-corrected chi connectivity index (χ0v) is 18.6. The Morgan fingerprint density at radius 2 is 1.90 bits per heavy atom. The maximum absolute atomic E-state index is 13.6. The normalized spacial score (nSPS) is 18.3. The number of aryl methyl sites for hydroxylation is 1. The van der Waals surface area contributed by atoms with E-state index < -0.39 is 21.7 Å². The Balaban J connectivity index is 2.14. The summed E-state index contributed by atoms with van der Waals surface area (Å²) in [4.78, 5) is 10.8. The van der Waals surface area contributed by atoms with Gasteiger partial charge in [0.05, 0.1) is 16.0 Å². The van der Waals surface area contributed by atoms with E-state index in [1.807, 2.05) is 45.9 Å². The molecular formula is C21H25F2N5OS. The van der Waals surface area contributed by atoms with Crippen molar-refractivity contribution in [3.8, 4) is 6.07 Å². The summed E-state index contributed by atoms with van der Waals surface area (Å²) >= 11 is 0. The van der Waals surface area contributed by atoms with E-state index in [4.69, 9.17) is 0 Å². The van der Waals surface area contributed by atoms with E-state index in [2.05, 4.69) is 14.4 Å². The van der Waals surface area contributed by atoms with Gasteiger partial charge in [-0.05, 0) is 52.3 Å². The zero-order valence-electron chi connectivity index (χ0n) is 17.8. The van der Waals surface area contributed by atoms with Gasteiger partial charge >= 0.3 is 0 Å². The van der Waals surface area contributed by atoms with Gasteiger partial charge in [-0.3, -0.25) is 0 Å². The molecule has 1 aromatic carbocycles. The third-order valence-electron chi connectivity index (χ3n) is 4.93. The van der Waals surface area contributed by atoms with Crippen LogP contribution in [0.25, 0.3) is 11.0 Å². The van der Waals surface area contributed by atoms with Gasteiger partial charge in [0.2, 0.25) is 0 Å². The van der Waals surface area contributed by atoms with Crippen LogP contribution < -0.4 is 4.90 Å². The highest BCUT2D eigenvalue weighted by atomic mass is 32.2. The monoisotopic (exact) mass is 433 g/mol. The molecular weight excluding hydrogens is 408 g/mol. The summed E-state index contributed by atoms with van der Waals surface area (Å²) in [5.74, 6) is -2.40. The Kier molecular flexibility index (Phi) is 5.92. The highest BCUT2D eigenvalue weighted by Crippen LogP contribution is 2.32. The Hall–Kier alpha value is -2.47. The predicted molar refractivity (Wildman–Crippen MR) is 115 cm³/mol. The predicted octanol–water partition coefficient (Wildman–Crippen LogP) is 4.32. The van der Waals surface area contributed by atoms with E-state index in [1.54, 1.807) is 11.8 Å². The smallest absolute Gasteiger partial charge is 0.251 e. The van der Waals surface area contributed by atoms with E-state index >= 15 is 0 Å². The third kappa shape index (κ3) is 4.64. The van der Waals surface area contributed by atoms with Crippen LogP contribution in [-0.2, 0) is 11.0 Å². The van der Waals surface area contributed by atoms with Gasteiger partial charge in [0.25, 0.3) is 5.92 Å². The molecule has 1 aliphatic heterocycles. The molecule has 2 heterocycles. The maximum Gasteiger partial charge on any atom is 0.251 e. The average Bonchev–Trinajstić information content (AvgIpc) is 2.65. The fourth-order valence-corrected chi connectivity index (χ4v) is 3.84. The van der Waals surface area contributed by atoms with Crippen LogP contribution in [0.5, 0.6) is 0 Å². The molecule has 0 aliphatic carbocycles. The molecule has 1 fully saturated rings. The molecule has 1 atom stereocenters. The summed E-state index contributed by atoms with van der Waals surface area (Å²) in [6.07, 6.45) is -0.577. The van der Waals surface area contributed by atoms with Crippen molar-refractivity contribution in [1.29, 1.82) is 5.26 Å². The van der Waals surface area contributed by atoms with Crippen LogP contribution in [0.15, 0.2) is 16.5 Å². The number of hydrogen-bond acceptors (Lipinski definition) is 5. The second-order valence-electron chi connectivity index (χ2n) is 8.57. The number of benzene rings is 1. The van der Waals surface area contributed by atoms with E-state index in [1.165, 1.54) is 0 Å². The lowest BCUT2D eigenvalue weighted by molar-refractivity contribution is -0.0221. The Labute approximate surface area is 177 Å². The number of nitrogens with zero attached hydrogens (tertiary/aromatic N) is 5. The first-order chi connectivity index (χ1) is 13.9. The number of fused-ring (bicyclic) bond motifs is 1. The van der Waals surface area contributed by atoms with Crippen molar-refractivity contribution in [3.05, 3.63) is 29.0 Å².